The van der Waals surface area contributed by atoms with Crippen LogP contribution in [-0.4, -0.2) is 51.8 Å². The first-order valence-corrected chi connectivity index (χ1v) is 10.9. The lowest BCUT2D eigenvalue weighted by Crippen LogP contribution is -2.59. The number of carboxylic acids is 1. The molecule has 0 bridgehead atoms. The second-order valence-corrected chi connectivity index (χ2v) is 8.81. The van der Waals surface area contributed by atoms with E-state index < -0.39 is 52.8 Å². The Hall–Kier alpha value is -3.98. The van der Waals surface area contributed by atoms with E-state index in [4.69, 9.17) is 0 Å². The molecule has 2 aliphatic heterocycles. The van der Waals surface area contributed by atoms with Gasteiger partial charge in [-0.05, 0) is 37.6 Å². The van der Waals surface area contributed by atoms with Crippen LogP contribution in [0.4, 0.5) is 5.69 Å². The van der Waals surface area contributed by atoms with Crippen molar-refractivity contribution in [2.45, 2.75) is 31.3 Å². The van der Waals surface area contributed by atoms with Gasteiger partial charge in [-0.1, -0.05) is 24.3 Å². The van der Waals surface area contributed by atoms with Gasteiger partial charge in [-0.2, -0.15) is 0 Å². The number of nitrogens with zero attached hydrogens (tertiary/aromatic N) is 1. The number of nitrogens with one attached hydrogen (secondary N) is 1. The van der Waals surface area contributed by atoms with Crippen LogP contribution in [-0.2, 0) is 14.4 Å². The Labute approximate surface area is 193 Å². The van der Waals surface area contributed by atoms with E-state index in [0.29, 0.717) is 5.56 Å². The number of fused-ring (bicyclic) bond motifs is 3. The highest BCUT2D eigenvalue weighted by Crippen LogP contribution is 2.50. The van der Waals surface area contributed by atoms with Crippen molar-refractivity contribution in [3.8, 4) is 0 Å². The van der Waals surface area contributed by atoms with E-state index in [-0.39, 0.29) is 35.4 Å². The molecule has 9 nitrogen and oxygen atoms in total. The number of carbonyl (C=O) groups excluding carboxylic acids is 5. The Balaban J connectivity index is 1.61. The number of hydrogen-bond donors (Lipinski definition) is 2. The van der Waals surface area contributed by atoms with Crippen LogP contribution in [0.15, 0.2) is 48.5 Å². The van der Waals surface area contributed by atoms with Crippen LogP contribution in [0.3, 0.4) is 0 Å². The van der Waals surface area contributed by atoms with Gasteiger partial charge in [-0.15, -0.1) is 0 Å². The quantitative estimate of drug-likeness (QED) is 0.390. The standard InChI is InChI=1S/C25H20N2O7/c1-12(28)13-6-8-14(9-7-13)27-23(33)19-17(10-11-18(29)30)26-25(20(19)24(27)34)21(31)15-4-2-3-5-16(15)22(25)32/h2-9,17,19-20,26H,10-11H2,1H3,(H,29,30)/t17-,19-,20+/m1/s1. The number of amides is 2. The number of ketones is 3. The fourth-order valence-electron chi connectivity index (χ4n) is 5.47. The van der Waals surface area contributed by atoms with Gasteiger partial charge in [0.05, 0.1) is 17.5 Å². The predicted molar refractivity (Wildman–Crippen MR) is 118 cm³/mol. The average molecular weight is 460 g/mol. The number of benzene rings is 2. The molecule has 2 saturated heterocycles. The zero-order chi connectivity index (χ0) is 24.4. The molecule has 0 unspecified atom stereocenters. The predicted octanol–water partition coefficient (Wildman–Crippen LogP) is 1.65. The number of carboxylic acid groups (broad SMARTS) is 1. The van der Waals surface area contributed by atoms with Crippen LogP contribution in [0.25, 0.3) is 0 Å². The molecule has 5 rings (SSSR count). The summed E-state index contributed by atoms with van der Waals surface area (Å²) >= 11 is 0. The third-order valence-corrected chi connectivity index (χ3v) is 7.00. The average Bonchev–Trinajstić information content (AvgIpc) is 3.37. The van der Waals surface area contributed by atoms with Gasteiger partial charge in [0, 0.05) is 29.2 Å². The van der Waals surface area contributed by atoms with Crippen LogP contribution in [0.5, 0.6) is 0 Å². The molecule has 2 heterocycles. The highest BCUT2D eigenvalue weighted by molar-refractivity contribution is 6.37. The summed E-state index contributed by atoms with van der Waals surface area (Å²) in [5.74, 6) is -6.15. The fraction of sp³-hybridized carbons (Fsp3) is 0.280. The first kappa shape index (κ1) is 21.8. The molecule has 0 radical (unpaired) electrons. The number of imide groups is 1. The molecule has 3 aliphatic rings. The van der Waals surface area contributed by atoms with E-state index in [1.807, 2.05) is 0 Å². The molecule has 2 aromatic carbocycles. The van der Waals surface area contributed by atoms with Crippen LogP contribution < -0.4 is 10.2 Å². The third-order valence-electron chi connectivity index (χ3n) is 7.00. The number of aliphatic carboxylic acids is 1. The summed E-state index contributed by atoms with van der Waals surface area (Å²) in [4.78, 5) is 78.1. The van der Waals surface area contributed by atoms with E-state index in [0.717, 1.165) is 4.90 Å². The Morgan fingerprint density at radius 2 is 1.53 bits per heavy atom. The van der Waals surface area contributed by atoms with E-state index in [1.54, 1.807) is 12.1 Å². The van der Waals surface area contributed by atoms with Gasteiger partial charge < -0.3 is 5.11 Å². The molecule has 1 aliphatic carbocycles. The maximum atomic E-state index is 13.7. The maximum absolute atomic E-state index is 13.7. The van der Waals surface area contributed by atoms with Crippen molar-refractivity contribution >= 4 is 40.8 Å². The second kappa shape index (κ2) is 7.53. The molecule has 2 N–H and O–H groups in total. The number of Topliss-reactive ketones (excluding diaryl/α,β-unsaturated/α-hetero) is 3. The van der Waals surface area contributed by atoms with Crippen molar-refractivity contribution in [2.75, 3.05) is 4.90 Å². The first-order valence-electron chi connectivity index (χ1n) is 10.9. The minimum Gasteiger partial charge on any atom is -0.481 e. The summed E-state index contributed by atoms with van der Waals surface area (Å²) < 4.78 is 0. The molecule has 2 aromatic rings. The van der Waals surface area contributed by atoms with Crippen molar-refractivity contribution in [1.29, 1.82) is 0 Å². The van der Waals surface area contributed by atoms with Crippen molar-refractivity contribution < 1.29 is 33.9 Å². The van der Waals surface area contributed by atoms with Gasteiger partial charge in [0.15, 0.2) is 22.9 Å². The summed E-state index contributed by atoms with van der Waals surface area (Å²) in [5.41, 5.74) is -1.00. The van der Waals surface area contributed by atoms with Crippen LogP contribution in [0.2, 0.25) is 0 Å². The van der Waals surface area contributed by atoms with E-state index in [1.165, 1.54) is 43.3 Å². The molecule has 0 aromatic heterocycles. The van der Waals surface area contributed by atoms with Gasteiger partial charge in [0.1, 0.15) is 0 Å². The normalized spacial score (nSPS) is 24.6. The molecule has 34 heavy (non-hydrogen) atoms. The second-order valence-electron chi connectivity index (χ2n) is 8.81. The van der Waals surface area contributed by atoms with Gasteiger partial charge in [-0.3, -0.25) is 34.1 Å². The Bertz CT molecular complexity index is 1260. The minimum atomic E-state index is -1.96. The summed E-state index contributed by atoms with van der Waals surface area (Å²) in [6.07, 6.45) is -0.341. The summed E-state index contributed by atoms with van der Waals surface area (Å²) in [6, 6.07) is 11.3. The smallest absolute Gasteiger partial charge is 0.303 e. The number of anilines is 1. The zero-order valence-electron chi connectivity index (χ0n) is 18.1. The molecular weight excluding hydrogens is 440 g/mol. The number of hydrogen-bond acceptors (Lipinski definition) is 7. The van der Waals surface area contributed by atoms with Crippen LogP contribution >= 0.6 is 0 Å². The Morgan fingerprint density at radius 1 is 0.941 bits per heavy atom. The molecular formula is C25H20N2O7. The van der Waals surface area contributed by atoms with E-state index >= 15 is 0 Å². The topological polar surface area (TPSA) is 138 Å². The summed E-state index contributed by atoms with van der Waals surface area (Å²) in [7, 11) is 0. The fourth-order valence-corrected chi connectivity index (χ4v) is 5.47. The minimum absolute atomic E-state index is 0.0364. The molecule has 2 fully saturated rings. The SMILES string of the molecule is CC(=O)c1ccc(N2C(=O)[C@H]3[C@@H](C2=O)C2(N[C@@H]3CCC(=O)O)C(=O)c3ccccc3C2=O)cc1. The van der Waals surface area contributed by atoms with Crippen molar-refractivity contribution in [2.24, 2.45) is 11.8 Å². The van der Waals surface area contributed by atoms with E-state index in [9.17, 15) is 33.9 Å². The van der Waals surface area contributed by atoms with Gasteiger partial charge in [0.25, 0.3) is 0 Å². The lowest BCUT2D eigenvalue weighted by atomic mass is 9.76. The van der Waals surface area contributed by atoms with Gasteiger partial charge in [0.2, 0.25) is 11.8 Å². The summed E-state index contributed by atoms with van der Waals surface area (Å²) in [5, 5.41) is 12.1. The summed E-state index contributed by atoms with van der Waals surface area (Å²) in [6.45, 7) is 1.39. The first-order chi connectivity index (χ1) is 16.2. The lowest BCUT2D eigenvalue weighted by Gasteiger charge is -2.28. The number of rotatable bonds is 5. The molecule has 1 spiro atoms. The van der Waals surface area contributed by atoms with Crippen molar-refractivity contribution in [3.05, 3.63) is 65.2 Å². The zero-order valence-corrected chi connectivity index (χ0v) is 18.1. The third kappa shape index (κ3) is 2.83. The largest absolute Gasteiger partial charge is 0.481 e. The van der Waals surface area contributed by atoms with Gasteiger partial charge >= 0.3 is 5.97 Å². The highest BCUT2D eigenvalue weighted by atomic mass is 16.4. The molecule has 9 heteroatoms. The van der Waals surface area contributed by atoms with Crippen molar-refractivity contribution in [1.82, 2.24) is 5.32 Å². The Kier molecular flexibility index (Phi) is 4.84. The lowest BCUT2D eigenvalue weighted by molar-refractivity contribution is -0.137. The molecule has 0 saturated carbocycles. The van der Waals surface area contributed by atoms with Gasteiger partial charge in [-0.25, -0.2) is 4.90 Å². The molecule has 172 valence electrons. The van der Waals surface area contributed by atoms with Crippen LogP contribution in [0.1, 0.15) is 50.8 Å². The monoisotopic (exact) mass is 460 g/mol. The number of carbonyl (C=O) groups is 6. The maximum Gasteiger partial charge on any atom is 0.303 e. The molecule has 3 atom stereocenters. The highest BCUT2D eigenvalue weighted by Gasteiger charge is 2.72. The van der Waals surface area contributed by atoms with E-state index in [2.05, 4.69) is 5.32 Å². The molecule has 2 amide bonds. The van der Waals surface area contributed by atoms with Crippen molar-refractivity contribution in [3.63, 3.8) is 0 Å². The van der Waals surface area contributed by atoms with Crippen LogP contribution in [0, 0.1) is 11.8 Å². The Morgan fingerprint density at radius 3 is 2.06 bits per heavy atom.